The predicted octanol–water partition coefficient (Wildman–Crippen LogP) is -2.74. The molecule has 0 N–H and O–H groups in total. The first-order valence-corrected chi connectivity index (χ1v) is 11.5. The van der Waals surface area contributed by atoms with Crippen LogP contribution in [0.4, 0.5) is 0 Å². The van der Waals surface area contributed by atoms with Gasteiger partial charge in [-0.15, -0.1) is 0 Å². The van der Waals surface area contributed by atoms with Crippen LogP contribution < -0.4 is 34.0 Å². The van der Waals surface area contributed by atoms with Gasteiger partial charge in [0.2, 0.25) is 0 Å². The Morgan fingerprint density at radius 1 is 0.708 bits per heavy atom. The van der Waals surface area contributed by atoms with E-state index in [1.807, 2.05) is 12.1 Å². The molecule has 2 nitrogen and oxygen atoms in total. The second-order valence-corrected chi connectivity index (χ2v) is 10.8. The van der Waals surface area contributed by atoms with Gasteiger partial charge in [-0.2, -0.15) is 10.5 Å². The number of benzene rings is 1. The molecule has 0 saturated carbocycles. The SMILES string of the molecule is N#Cc1cc(C[S+]2CCCC2)c(C#N)cc1C[S+]1CCCC1.[Br-].[Br-]. The van der Waals surface area contributed by atoms with E-state index in [9.17, 15) is 10.5 Å². The Morgan fingerprint density at radius 2 is 1.04 bits per heavy atom. The lowest BCUT2D eigenvalue weighted by atomic mass is 10.0. The van der Waals surface area contributed by atoms with Crippen molar-refractivity contribution in [3.05, 3.63) is 34.4 Å². The van der Waals surface area contributed by atoms with Crippen LogP contribution in [0.3, 0.4) is 0 Å². The highest BCUT2D eigenvalue weighted by atomic mass is 79.9. The highest BCUT2D eigenvalue weighted by Crippen LogP contribution is 2.26. The summed E-state index contributed by atoms with van der Waals surface area (Å²) in [5.74, 6) is 7.22. The van der Waals surface area contributed by atoms with E-state index in [0.717, 1.165) is 33.8 Å². The van der Waals surface area contributed by atoms with Crippen LogP contribution in [0.5, 0.6) is 0 Å². The minimum Gasteiger partial charge on any atom is -1.00 e. The number of hydrogen-bond donors (Lipinski definition) is 0. The zero-order valence-electron chi connectivity index (χ0n) is 13.7. The molecule has 24 heavy (non-hydrogen) atoms. The van der Waals surface area contributed by atoms with Gasteiger partial charge in [0.15, 0.2) is 0 Å². The number of nitrogens with zero attached hydrogens (tertiary/aromatic N) is 2. The summed E-state index contributed by atoms with van der Waals surface area (Å²) in [5.41, 5.74) is 3.86. The van der Waals surface area contributed by atoms with Gasteiger partial charge in [-0.3, -0.25) is 0 Å². The molecule has 0 unspecified atom stereocenters. The fourth-order valence-corrected chi connectivity index (χ4v) is 8.09. The summed E-state index contributed by atoms with van der Waals surface area (Å²) in [7, 11) is 0.860. The van der Waals surface area contributed by atoms with Crippen molar-refractivity contribution in [1.29, 1.82) is 10.5 Å². The quantitative estimate of drug-likeness (QED) is 0.431. The molecule has 0 aromatic heterocycles. The minimum absolute atomic E-state index is 0. The molecule has 0 atom stereocenters. The van der Waals surface area contributed by atoms with Crippen LogP contribution in [0.1, 0.15) is 47.9 Å². The second-order valence-electron chi connectivity index (χ2n) is 6.13. The Bertz CT molecular complexity index is 569. The number of halogens is 2. The predicted molar refractivity (Wildman–Crippen MR) is 95.9 cm³/mol. The van der Waals surface area contributed by atoms with Crippen molar-refractivity contribution < 1.29 is 34.0 Å². The molecule has 2 aliphatic heterocycles. The Kier molecular flexibility index (Phi) is 9.82. The van der Waals surface area contributed by atoms with E-state index < -0.39 is 0 Å². The van der Waals surface area contributed by atoms with E-state index in [4.69, 9.17) is 0 Å². The molecule has 2 aliphatic rings. The molecule has 0 amide bonds. The Balaban J connectivity index is 0.00000144. The van der Waals surface area contributed by atoms with Gasteiger partial charge in [-0.05, 0) is 59.6 Å². The third kappa shape index (κ3) is 5.43. The smallest absolute Gasteiger partial charge is 0.134 e. The van der Waals surface area contributed by atoms with E-state index in [0.29, 0.717) is 21.8 Å². The largest absolute Gasteiger partial charge is 1.00 e. The van der Waals surface area contributed by atoms with Crippen LogP contribution >= 0.6 is 0 Å². The Hall–Kier alpha value is -0.140. The summed E-state index contributed by atoms with van der Waals surface area (Å²) < 4.78 is 0. The Labute approximate surface area is 172 Å². The molecule has 2 fully saturated rings. The van der Waals surface area contributed by atoms with Crippen molar-refractivity contribution in [2.75, 3.05) is 23.0 Å². The van der Waals surface area contributed by atoms with Crippen LogP contribution in [0, 0.1) is 22.7 Å². The maximum atomic E-state index is 9.51. The standard InChI is InChI=1S/C18H22N2S2.2BrH/c19-11-15-10-18(14-22-7-3-4-8-22)16(12-20)9-17(15)13-21-5-1-2-6-21;;/h9-10H,1-8,13-14H2;2*1H/q+2;;/p-2. The fraction of sp³-hybridized carbons (Fsp3) is 0.556. The maximum absolute atomic E-state index is 9.51. The van der Waals surface area contributed by atoms with Crippen LogP contribution in [-0.4, -0.2) is 23.0 Å². The van der Waals surface area contributed by atoms with Crippen LogP contribution in [-0.2, 0) is 33.3 Å². The molecule has 130 valence electrons. The summed E-state index contributed by atoms with van der Waals surface area (Å²) in [4.78, 5) is 0. The van der Waals surface area contributed by atoms with Crippen molar-refractivity contribution in [2.45, 2.75) is 37.2 Å². The van der Waals surface area contributed by atoms with Crippen molar-refractivity contribution >= 4 is 21.8 Å². The normalized spacial score (nSPS) is 17.6. The first-order chi connectivity index (χ1) is 10.8. The molecule has 0 aliphatic carbocycles. The summed E-state index contributed by atoms with van der Waals surface area (Å²) in [6.45, 7) is 0. The summed E-state index contributed by atoms with van der Waals surface area (Å²) in [6, 6.07) is 8.82. The molecule has 2 saturated heterocycles. The third-order valence-electron chi connectivity index (χ3n) is 4.52. The van der Waals surface area contributed by atoms with Gasteiger partial charge in [0.05, 0.1) is 23.3 Å². The van der Waals surface area contributed by atoms with E-state index in [-0.39, 0.29) is 34.0 Å². The van der Waals surface area contributed by atoms with Gasteiger partial charge in [-0.1, -0.05) is 0 Å². The van der Waals surface area contributed by atoms with Gasteiger partial charge < -0.3 is 34.0 Å². The zero-order chi connectivity index (χ0) is 15.4. The van der Waals surface area contributed by atoms with Crippen LogP contribution in [0.15, 0.2) is 12.1 Å². The second kappa shape index (κ2) is 10.8. The van der Waals surface area contributed by atoms with E-state index >= 15 is 0 Å². The number of nitriles is 2. The molecule has 0 radical (unpaired) electrons. The first-order valence-electron chi connectivity index (χ1n) is 8.04. The van der Waals surface area contributed by atoms with Gasteiger partial charge in [0.1, 0.15) is 34.5 Å². The molecule has 1 aromatic rings. The van der Waals surface area contributed by atoms with E-state index in [1.54, 1.807) is 0 Å². The zero-order valence-corrected chi connectivity index (χ0v) is 18.5. The topological polar surface area (TPSA) is 47.6 Å². The number of hydrogen-bond acceptors (Lipinski definition) is 2. The average Bonchev–Trinajstić information content (AvgIpc) is 3.22. The van der Waals surface area contributed by atoms with Crippen molar-refractivity contribution in [2.24, 2.45) is 0 Å². The first kappa shape index (κ1) is 21.9. The number of rotatable bonds is 4. The lowest BCUT2D eigenvalue weighted by Crippen LogP contribution is -3.00. The summed E-state index contributed by atoms with van der Waals surface area (Å²) in [5, 5.41) is 19.0. The van der Waals surface area contributed by atoms with Gasteiger partial charge in [0, 0.05) is 11.1 Å². The highest BCUT2D eigenvalue weighted by molar-refractivity contribution is 7.96. The molecule has 6 heteroatoms. The fourth-order valence-electron chi connectivity index (χ4n) is 3.29. The molecule has 1 aromatic carbocycles. The molecule has 0 spiro atoms. The monoisotopic (exact) mass is 488 g/mol. The van der Waals surface area contributed by atoms with Crippen molar-refractivity contribution in [1.82, 2.24) is 0 Å². The van der Waals surface area contributed by atoms with Crippen molar-refractivity contribution in [3.8, 4) is 12.1 Å². The molecular weight excluding hydrogens is 468 g/mol. The summed E-state index contributed by atoms with van der Waals surface area (Å²) >= 11 is 0. The average molecular weight is 490 g/mol. The van der Waals surface area contributed by atoms with Crippen molar-refractivity contribution in [3.63, 3.8) is 0 Å². The maximum Gasteiger partial charge on any atom is 0.134 e. The van der Waals surface area contributed by atoms with E-state index in [1.165, 1.54) is 48.7 Å². The minimum atomic E-state index is 0. The lowest BCUT2D eigenvalue weighted by molar-refractivity contribution is -0.00100. The van der Waals surface area contributed by atoms with Gasteiger partial charge >= 0.3 is 0 Å². The van der Waals surface area contributed by atoms with Gasteiger partial charge in [-0.25, -0.2) is 0 Å². The van der Waals surface area contributed by atoms with E-state index in [2.05, 4.69) is 12.1 Å². The summed E-state index contributed by atoms with van der Waals surface area (Å²) in [6.07, 6.45) is 5.32. The molecule has 0 bridgehead atoms. The van der Waals surface area contributed by atoms with Crippen LogP contribution in [0.25, 0.3) is 0 Å². The molecule has 3 rings (SSSR count). The third-order valence-corrected chi connectivity index (χ3v) is 9.42. The van der Waals surface area contributed by atoms with Gasteiger partial charge in [0.25, 0.3) is 0 Å². The Morgan fingerprint density at radius 3 is 1.33 bits per heavy atom. The lowest BCUT2D eigenvalue weighted by Gasteiger charge is -2.09. The van der Waals surface area contributed by atoms with Crippen LogP contribution in [0.2, 0.25) is 0 Å². The highest BCUT2D eigenvalue weighted by Gasteiger charge is 2.28. The molecular formula is C18H22Br2N2S2. The molecule has 2 heterocycles.